The highest BCUT2D eigenvalue weighted by atomic mass is 19.4. The molecule has 32 heavy (non-hydrogen) atoms. The van der Waals surface area contributed by atoms with E-state index < -0.39 is 29.5 Å². The second kappa shape index (κ2) is 10.5. The van der Waals surface area contributed by atoms with Crippen molar-refractivity contribution in [2.24, 2.45) is 0 Å². The van der Waals surface area contributed by atoms with E-state index in [2.05, 4.69) is 10.6 Å². The van der Waals surface area contributed by atoms with Gasteiger partial charge >= 0.3 is 18.4 Å². The van der Waals surface area contributed by atoms with Gasteiger partial charge in [-0.3, -0.25) is 0 Å². The number of urea groups is 1. The van der Waals surface area contributed by atoms with Crippen molar-refractivity contribution in [1.29, 1.82) is 0 Å². The SMILES string of the molecule is CCCOc1ccc(C(F)(F)F)cc1NC(=O)Nc1cc(C(F)(F)F)ccc1OCCC. The van der Waals surface area contributed by atoms with Crippen LogP contribution in [0.3, 0.4) is 0 Å². The van der Waals surface area contributed by atoms with E-state index in [1.54, 1.807) is 13.8 Å². The molecule has 2 rings (SSSR count). The Morgan fingerprint density at radius 3 is 1.44 bits per heavy atom. The van der Waals surface area contributed by atoms with E-state index in [-0.39, 0.29) is 36.1 Å². The minimum Gasteiger partial charge on any atom is -0.491 e. The van der Waals surface area contributed by atoms with E-state index in [9.17, 15) is 31.1 Å². The second-order valence-corrected chi connectivity index (χ2v) is 6.69. The Balaban J connectivity index is 2.32. The molecular formula is C21H22F6N2O3. The fourth-order valence-corrected chi connectivity index (χ4v) is 2.56. The molecule has 0 aliphatic rings. The number of ether oxygens (including phenoxy) is 2. The van der Waals surface area contributed by atoms with E-state index >= 15 is 0 Å². The van der Waals surface area contributed by atoms with Crippen LogP contribution in [0.15, 0.2) is 36.4 Å². The van der Waals surface area contributed by atoms with Gasteiger partial charge in [-0.25, -0.2) is 4.79 Å². The van der Waals surface area contributed by atoms with Crippen LogP contribution in [-0.4, -0.2) is 19.2 Å². The van der Waals surface area contributed by atoms with Gasteiger partial charge in [0.1, 0.15) is 11.5 Å². The Labute approximate surface area is 180 Å². The first-order valence-electron chi connectivity index (χ1n) is 9.71. The number of alkyl halides is 6. The maximum Gasteiger partial charge on any atom is 0.416 e. The number of amides is 2. The van der Waals surface area contributed by atoms with Crippen LogP contribution in [0.1, 0.15) is 37.8 Å². The summed E-state index contributed by atoms with van der Waals surface area (Å²) in [6.45, 7) is 3.94. The summed E-state index contributed by atoms with van der Waals surface area (Å²) in [5.41, 5.74) is -2.62. The quantitative estimate of drug-likeness (QED) is 0.416. The lowest BCUT2D eigenvalue weighted by Crippen LogP contribution is -2.21. The molecule has 0 aliphatic carbocycles. The Morgan fingerprint density at radius 1 is 0.750 bits per heavy atom. The van der Waals surface area contributed by atoms with Crippen LogP contribution in [0.25, 0.3) is 0 Å². The molecule has 0 saturated heterocycles. The number of benzene rings is 2. The minimum atomic E-state index is -4.67. The molecule has 2 aromatic carbocycles. The third-order valence-corrected chi connectivity index (χ3v) is 4.03. The Hall–Kier alpha value is -3.11. The van der Waals surface area contributed by atoms with Crippen molar-refractivity contribution in [3.8, 4) is 11.5 Å². The van der Waals surface area contributed by atoms with Gasteiger partial charge in [0.2, 0.25) is 0 Å². The summed E-state index contributed by atoms with van der Waals surface area (Å²) < 4.78 is 89.2. The van der Waals surface area contributed by atoms with E-state index in [1.165, 1.54) is 0 Å². The minimum absolute atomic E-state index is 0.0125. The normalized spacial score (nSPS) is 11.8. The summed E-state index contributed by atoms with van der Waals surface area (Å²) in [5, 5.41) is 4.42. The van der Waals surface area contributed by atoms with Crippen LogP contribution >= 0.6 is 0 Å². The number of carbonyl (C=O) groups excluding carboxylic acids is 1. The lowest BCUT2D eigenvalue weighted by Gasteiger charge is -2.17. The van der Waals surface area contributed by atoms with Gasteiger partial charge in [-0.2, -0.15) is 26.3 Å². The molecule has 0 saturated carbocycles. The summed E-state index contributed by atoms with van der Waals surface area (Å²) in [5.74, 6) is -0.0250. The monoisotopic (exact) mass is 464 g/mol. The zero-order valence-electron chi connectivity index (χ0n) is 17.3. The number of halogens is 6. The average molecular weight is 464 g/mol. The number of carbonyl (C=O) groups is 1. The van der Waals surface area contributed by atoms with Gasteiger partial charge in [-0.1, -0.05) is 13.8 Å². The summed E-state index contributed by atoms with van der Waals surface area (Å²) >= 11 is 0. The van der Waals surface area contributed by atoms with Crippen molar-refractivity contribution in [2.45, 2.75) is 39.0 Å². The highest BCUT2D eigenvalue weighted by Crippen LogP contribution is 2.37. The molecule has 0 atom stereocenters. The van der Waals surface area contributed by atoms with Gasteiger partial charge in [-0.05, 0) is 49.2 Å². The highest BCUT2D eigenvalue weighted by molar-refractivity contribution is 6.01. The van der Waals surface area contributed by atoms with Crippen molar-refractivity contribution in [3.63, 3.8) is 0 Å². The van der Waals surface area contributed by atoms with Crippen molar-refractivity contribution < 1.29 is 40.6 Å². The second-order valence-electron chi connectivity index (χ2n) is 6.69. The van der Waals surface area contributed by atoms with Crippen LogP contribution in [0.2, 0.25) is 0 Å². The molecule has 0 heterocycles. The topological polar surface area (TPSA) is 59.6 Å². The Morgan fingerprint density at radius 2 is 1.12 bits per heavy atom. The first kappa shape index (κ1) is 25.2. The summed E-state index contributed by atoms with van der Waals surface area (Å²) in [4.78, 5) is 12.5. The van der Waals surface area contributed by atoms with Gasteiger partial charge in [-0.15, -0.1) is 0 Å². The molecule has 0 aromatic heterocycles. The van der Waals surface area contributed by atoms with Gasteiger partial charge in [0.25, 0.3) is 0 Å². The first-order chi connectivity index (χ1) is 15.0. The number of hydrogen-bond donors (Lipinski definition) is 2. The standard InChI is InChI=1S/C21H22F6N2O3/c1-3-9-31-17-7-5-13(20(22,23)24)11-15(17)28-19(30)29-16-12-14(21(25,26)27)6-8-18(16)32-10-4-2/h5-8,11-12H,3-4,9-10H2,1-2H3,(H2,28,29,30). The maximum atomic E-state index is 13.1. The van der Waals surface area contributed by atoms with E-state index in [0.717, 1.165) is 24.3 Å². The molecule has 2 aromatic rings. The van der Waals surface area contributed by atoms with Crippen LogP contribution in [0, 0.1) is 0 Å². The third kappa shape index (κ3) is 6.96. The number of hydrogen-bond acceptors (Lipinski definition) is 3. The van der Waals surface area contributed by atoms with E-state index in [4.69, 9.17) is 9.47 Å². The lowest BCUT2D eigenvalue weighted by molar-refractivity contribution is -0.138. The fraction of sp³-hybridized carbons (Fsp3) is 0.381. The van der Waals surface area contributed by atoms with Crippen LogP contribution in [0.4, 0.5) is 42.5 Å². The molecule has 2 amide bonds. The largest absolute Gasteiger partial charge is 0.491 e. The zero-order valence-corrected chi connectivity index (χ0v) is 17.3. The Bertz CT molecular complexity index is 855. The van der Waals surface area contributed by atoms with Crippen molar-refractivity contribution in [2.75, 3.05) is 23.8 Å². The molecule has 0 bridgehead atoms. The third-order valence-electron chi connectivity index (χ3n) is 4.03. The smallest absolute Gasteiger partial charge is 0.416 e. The number of rotatable bonds is 8. The molecule has 0 aliphatic heterocycles. The molecule has 0 unspecified atom stereocenters. The fourth-order valence-electron chi connectivity index (χ4n) is 2.56. The molecule has 11 heteroatoms. The molecular weight excluding hydrogens is 442 g/mol. The van der Waals surface area contributed by atoms with Gasteiger partial charge in [0.05, 0.1) is 35.7 Å². The Kier molecular flexibility index (Phi) is 8.23. The number of anilines is 2. The predicted octanol–water partition coefficient (Wildman–Crippen LogP) is 6.95. The molecule has 176 valence electrons. The van der Waals surface area contributed by atoms with Crippen molar-refractivity contribution in [1.82, 2.24) is 0 Å². The average Bonchev–Trinajstić information content (AvgIpc) is 2.70. The summed E-state index contributed by atoms with van der Waals surface area (Å²) in [6.07, 6.45) is -8.21. The molecule has 5 nitrogen and oxygen atoms in total. The van der Waals surface area contributed by atoms with E-state index in [1.807, 2.05) is 0 Å². The van der Waals surface area contributed by atoms with Crippen LogP contribution in [0.5, 0.6) is 11.5 Å². The van der Waals surface area contributed by atoms with Crippen LogP contribution in [-0.2, 0) is 12.4 Å². The molecule has 0 fully saturated rings. The first-order valence-corrected chi connectivity index (χ1v) is 9.71. The summed E-state index contributed by atoms with van der Waals surface area (Å²) in [7, 11) is 0. The molecule has 0 radical (unpaired) electrons. The number of nitrogens with one attached hydrogen (secondary N) is 2. The van der Waals surface area contributed by atoms with Crippen molar-refractivity contribution >= 4 is 17.4 Å². The van der Waals surface area contributed by atoms with E-state index in [0.29, 0.717) is 25.0 Å². The van der Waals surface area contributed by atoms with Crippen LogP contribution < -0.4 is 20.1 Å². The highest BCUT2D eigenvalue weighted by Gasteiger charge is 2.32. The zero-order chi connectivity index (χ0) is 23.9. The van der Waals surface area contributed by atoms with Gasteiger partial charge in [0.15, 0.2) is 0 Å². The van der Waals surface area contributed by atoms with Gasteiger partial charge in [0, 0.05) is 0 Å². The lowest BCUT2D eigenvalue weighted by atomic mass is 10.1. The summed E-state index contributed by atoms with van der Waals surface area (Å²) in [6, 6.07) is 4.04. The van der Waals surface area contributed by atoms with Crippen molar-refractivity contribution in [3.05, 3.63) is 47.5 Å². The molecule has 2 N–H and O–H groups in total. The maximum absolute atomic E-state index is 13.1. The molecule has 0 spiro atoms. The van der Waals surface area contributed by atoms with Gasteiger partial charge < -0.3 is 20.1 Å². The predicted molar refractivity (Wildman–Crippen MR) is 107 cm³/mol.